The molecule has 0 spiro atoms. The number of amides is 2. The molecule has 0 aliphatic carbocycles. The molecule has 0 unspecified atom stereocenters. The van der Waals surface area contributed by atoms with E-state index in [1.54, 1.807) is 36.7 Å². The lowest BCUT2D eigenvalue weighted by molar-refractivity contribution is -0.130. The monoisotopic (exact) mass is 355 g/mol. The molecule has 5 nitrogen and oxygen atoms in total. The highest BCUT2D eigenvalue weighted by Gasteiger charge is 2.47. The number of hydrogen-bond acceptors (Lipinski definition) is 4. The minimum Gasteiger partial charge on any atom is -0.339 e. The van der Waals surface area contributed by atoms with E-state index >= 15 is 0 Å². The quantitative estimate of drug-likeness (QED) is 0.832. The van der Waals surface area contributed by atoms with Crippen molar-refractivity contribution in [3.05, 3.63) is 52.5 Å². The summed E-state index contributed by atoms with van der Waals surface area (Å²) in [6.45, 7) is 3.80. The van der Waals surface area contributed by atoms with Gasteiger partial charge in [0.1, 0.15) is 0 Å². The Bertz CT molecular complexity index is 762. The molecule has 25 heavy (non-hydrogen) atoms. The van der Waals surface area contributed by atoms with Crippen molar-refractivity contribution in [1.29, 1.82) is 0 Å². The number of carbonyl (C=O) groups is 2. The molecule has 2 amide bonds. The molecule has 0 radical (unpaired) electrons. The summed E-state index contributed by atoms with van der Waals surface area (Å²) >= 11 is 1.69. The van der Waals surface area contributed by atoms with Crippen LogP contribution in [0.15, 0.2) is 41.4 Å². The van der Waals surface area contributed by atoms with E-state index in [0.717, 1.165) is 13.0 Å². The number of rotatable bonds is 2. The van der Waals surface area contributed by atoms with Gasteiger partial charge in [-0.15, -0.1) is 0 Å². The van der Waals surface area contributed by atoms with E-state index in [4.69, 9.17) is 0 Å². The Balaban J connectivity index is 1.58. The van der Waals surface area contributed by atoms with Gasteiger partial charge in [0.15, 0.2) is 0 Å². The maximum atomic E-state index is 12.8. The van der Waals surface area contributed by atoms with Crippen LogP contribution in [-0.4, -0.2) is 52.3 Å². The molecule has 2 fully saturated rings. The van der Waals surface area contributed by atoms with Crippen molar-refractivity contribution < 1.29 is 9.59 Å². The minimum absolute atomic E-state index is 0.0388. The molecule has 0 aromatic carbocycles. The number of hydrogen-bond donors (Lipinski definition) is 0. The van der Waals surface area contributed by atoms with E-state index in [1.165, 1.54) is 5.56 Å². The predicted octanol–water partition coefficient (Wildman–Crippen LogP) is 2.62. The normalized spacial score (nSPS) is 25.7. The molecule has 6 heteroatoms. The van der Waals surface area contributed by atoms with Gasteiger partial charge in [0.25, 0.3) is 5.91 Å². The molecule has 2 aromatic heterocycles. The van der Waals surface area contributed by atoms with Gasteiger partial charge in [0.2, 0.25) is 5.91 Å². The van der Waals surface area contributed by atoms with Crippen molar-refractivity contribution in [3.63, 3.8) is 0 Å². The predicted molar refractivity (Wildman–Crippen MR) is 96.5 cm³/mol. The molecule has 2 aromatic rings. The van der Waals surface area contributed by atoms with Gasteiger partial charge in [-0.05, 0) is 40.9 Å². The van der Waals surface area contributed by atoms with E-state index in [1.807, 2.05) is 15.9 Å². The van der Waals surface area contributed by atoms with Crippen LogP contribution in [0.25, 0.3) is 0 Å². The first-order valence-corrected chi connectivity index (χ1v) is 9.58. The van der Waals surface area contributed by atoms with Crippen LogP contribution in [0.4, 0.5) is 0 Å². The first-order chi connectivity index (χ1) is 12.1. The number of aromatic nitrogens is 1. The van der Waals surface area contributed by atoms with Gasteiger partial charge in [-0.1, -0.05) is 0 Å². The summed E-state index contributed by atoms with van der Waals surface area (Å²) in [6.07, 6.45) is 4.15. The highest BCUT2D eigenvalue weighted by Crippen LogP contribution is 2.42. The Morgan fingerprint density at radius 2 is 2.16 bits per heavy atom. The Labute approximate surface area is 151 Å². The van der Waals surface area contributed by atoms with Crippen molar-refractivity contribution >= 4 is 23.2 Å². The fourth-order valence-electron chi connectivity index (χ4n) is 4.29. The van der Waals surface area contributed by atoms with Crippen LogP contribution < -0.4 is 0 Å². The van der Waals surface area contributed by atoms with Crippen molar-refractivity contribution in [2.75, 3.05) is 19.6 Å². The van der Waals surface area contributed by atoms with Gasteiger partial charge in [0.05, 0.1) is 5.56 Å². The van der Waals surface area contributed by atoms with Crippen LogP contribution in [0.5, 0.6) is 0 Å². The molecule has 4 heterocycles. The minimum atomic E-state index is 0.0388. The van der Waals surface area contributed by atoms with Gasteiger partial charge >= 0.3 is 0 Å². The zero-order chi connectivity index (χ0) is 17.4. The topological polar surface area (TPSA) is 53.5 Å². The maximum absolute atomic E-state index is 12.8. The third-order valence-corrected chi connectivity index (χ3v) is 6.20. The van der Waals surface area contributed by atoms with Crippen molar-refractivity contribution in [2.24, 2.45) is 5.92 Å². The Hall–Kier alpha value is -2.21. The molecule has 2 saturated heterocycles. The molecule has 2 aliphatic heterocycles. The van der Waals surface area contributed by atoms with Gasteiger partial charge < -0.3 is 9.80 Å². The molecule has 0 saturated carbocycles. The molecule has 0 N–H and O–H groups in total. The molecular weight excluding hydrogens is 334 g/mol. The van der Waals surface area contributed by atoms with Gasteiger partial charge in [0, 0.05) is 56.8 Å². The third kappa shape index (κ3) is 2.95. The van der Waals surface area contributed by atoms with Crippen molar-refractivity contribution in [2.45, 2.75) is 25.3 Å². The van der Waals surface area contributed by atoms with E-state index in [2.05, 4.69) is 21.8 Å². The smallest absolute Gasteiger partial charge is 0.255 e. The largest absolute Gasteiger partial charge is 0.339 e. The van der Waals surface area contributed by atoms with E-state index in [9.17, 15) is 9.59 Å². The summed E-state index contributed by atoms with van der Waals surface area (Å²) in [5.74, 6) is 0.786. The standard InChI is InChI=1S/C19H21N3O2S/c1-13(23)22-11-16(15-5-8-25-12-15)17-10-21(7-4-18(17)22)19(24)14-3-2-6-20-9-14/h2-3,5-6,8-9,12,16-18H,4,7,10-11H2,1H3/t16-,17-,18-/m0/s1. The number of pyridine rings is 1. The fraction of sp³-hybridized carbons (Fsp3) is 0.421. The highest BCUT2D eigenvalue weighted by molar-refractivity contribution is 7.08. The Morgan fingerprint density at radius 3 is 2.84 bits per heavy atom. The SMILES string of the molecule is CC(=O)N1C[C@@H](c2ccsc2)[C@@H]2CN(C(=O)c3cccnc3)CC[C@@H]21. The van der Waals surface area contributed by atoms with Gasteiger partial charge in [-0.25, -0.2) is 0 Å². The summed E-state index contributed by atoms with van der Waals surface area (Å²) in [6, 6.07) is 5.99. The molecule has 0 bridgehead atoms. The Kier molecular flexibility index (Phi) is 4.29. The summed E-state index contributed by atoms with van der Waals surface area (Å²) in [7, 11) is 0. The summed E-state index contributed by atoms with van der Waals surface area (Å²) in [4.78, 5) is 32.9. The first kappa shape index (κ1) is 16.3. The summed E-state index contributed by atoms with van der Waals surface area (Å²) < 4.78 is 0. The van der Waals surface area contributed by atoms with Crippen molar-refractivity contribution in [3.8, 4) is 0 Å². The third-order valence-electron chi connectivity index (χ3n) is 5.50. The van der Waals surface area contributed by atoms with E-state index < -0.39 is 0 Å². The zero-order valence-corrected chi connectivity index (χ0v) is 15.0. The maximum Gasteiger partial charge on any atom is 0.255 e. The zero-order valence-electron chi connectivity index (χ0n) is 14.2. The van der Waals surface area contributed by atoms with Gasteiger partial charge in [-0.3, -0.25) is 14.6 Å². The number of carbonyl (C=O) groups excluding carboxylic acids is 2. The van der Waals surface area contributed by atoms with Crippen molar-refractivity contribution in [1.82, 2.24) is 14.8 Å². The average Bonchev–Trinajstić information content (AvgIpc) is 3.28. The number of thiophene rings is 1. The highest BCUT2D eigenvalue weighted by atomic mass is 32.1. The molecule has 3 atom stereocenters. The lowest BCUT2D eigenvalue weighted by atomic mass is 9.82. The van der Waals surface area contributed by atoms with E-state index in [0.29, 0.717) is 30.5 Å². The van der Waals surface area contributed by atoms with Crippen LogP contribution in [0, 0.1) is 5.92 Å². The van der Waals surface area contributed by atoms with Crippen LogP contribution in [-0.2, 0) is 4.79 Å². The second-order valence-electron chi connectivity index (χ2n) is 6.85. The molecule has 130 valence electrons. The number of likely N-dealkylation sites (tertiary alicyclic amines) is 2. The molecular formula is C19H21N3O2S. The molecule has 4 rings (SSSR count). The number of piperidine rings is 1. The number of fused-ring (bicyclic) bond motifs is 1. The second-order valence-corrected chi connectivity index (χ2v) is 7.63. The van der Waals surface area contributed by atoms with Gasteiger partial charge in [-0.2, -0.15) is 11.3 Å². The van der Waals surface area contributed by atoms with Crippen LogP contribution in [0.3, 0.4) is 0 Å². The Morgan fingerprint density at radius 1 is 1.28 bits per heavy atom. The summed E-state index contributed by atoms with van der Waals surface area (Å²) in [5, 5.41) is 4.26. The van der Waals surface area contributed by atoms with Crippen LogP contribution in [0.1, 0.15) is 35.2 Å². The lowest BCUT2D eigenvalue weighted by Gasteiger charge is -2.38. The average molecular weight is 355 g/mol. The number of nitrogens with zero attached hydrogens (tertiary/aromatic N) is 3. The summed E-state index contributed by atoms with van der Waals surface area (Å²) in [5.41, 5.74) is 1.92. The second kappa shape index (κ2) is 6.59. The van der Waals surface area contributed by atoms with Crippen LogP contribution in [0.2, 0.25) is 0 Å². The lowest BCUT2D eigenvalue weighted by Crippen LogP contribution is -2.49. The van der Waals surface area contributed by atoms with Crippen LogP contribution >= 0.6 is 11.3 Å². The first-order valence-electron chi connectivity index (χ1n) is 8.63. The molecule has 2 aliphatic rings. The fourth-order valence-corrected chi connectivity index (χ4v) is 5.02. The van der Waals surface area contributed by atoms with E-state index in [-0.39, 0.29) is 17.9 Å².